The zero-order chi connectivity index (χ0) is 12.8. The van der Waals surface area contributed by atoms with Crippen molar-refractivity contribution in [3.05, 3.63) is 54.1 Å². The quantitative estimate of drug-likeness (QED) is 0.640. The van der Waals surface area contributed by atoms with Gasteiger partial charge in [-0.1, -0.05) is 18.2 Å². The summed E-state index contributed by atoms with van der Waals surface area (Å²) >= 11 is 0. The topological polar surface area (TPSA) is 53.8 Å². The second-order valence-corrected chi connectivity index (χ2v) is 3.66. The maximum Gasteiger partial charge on any atom is 0.128 e. The van der Waals surface area contributed by atoms with Crippen LogP contribution in [0.25, 0.3) is 0 Å². The molecule has 0 heterocycles. The Morgan fingerprint density at radius 3 is 2.61 bits per heavy atom. The summed E-state index contributed by atoms with van der Waals surface area (Å²) in [6.45, 7) is 0. The number of ether oxygens (including phenoxy) is 1. The van der Waals surface area contributed by atoms with E-state index in [9.17, 15) is 5.11 Å². The number of nitrogens with zero attached hydrogens (tertiary/aromatic N) is 1. The van der Waals surface area contributed by atoms with Gasteiger partial charge >= 0.3 is 0 Å². The van der Waals surface area contributed by atoms with E-state index in [1.165, 1.54) is 0 Å². The minimum atomic E-state index is 0.132. The molecule has 0 aliphatic rings. The van der Waals surface area contributed by atoms with Crippen molar-refractivity contribution in [2.24, 2.45) is 5.10 Å². The van der Waals surface area contributed by atoms with Gasteiger partial charge in [-0.3, -0.25) is 5.43 Å². The molecule has 0 saturated carbocycles. The number of hydrogen-bond acceptors (Lipinski definition) is 4. The van der Waals surface area contributed by atoms with Crippen LogP contribution < -0.4 is 10.2 Å². The fourth-order valence-electron chi connectivity index (χ4n) is 1.45. The van der Waals surface area contributed by atoms with Crippen LogP contribution in [0.3, 0.4) is 0 Å². The fourth-order valence-corrected chi connectivity index (χ4v) is 1.45. The van der Waals surface area contributed by atoms with E-state index in [0.717, 1.165) is 5.69 Å². The Morgan fingerprint density at radius 1 is 1.17 bits per heavy atom. The molecule has 0 unspecified atom stereocenters. The highest BCUT2D eigenvalue weighted by molar-refractivity contribution is 5.84. The number of phenols is 1. The van der Waals surface area contributed by atoms with E-state index < -0.39 is 0 Å². The summed E-state index contributed by atoms with van der Waals surface area (Å²) < 4.78 is 5.00. The number of benzene rings is 2. The molecule has 0 fully saturated rings. The second-order valence-electron chi connectivity index (χ2n) is 3.66. The first-order valence-corrected chi connectivity index (χ1v) is 5.51. The molecule has 0 aliphatic heterocycles. The smallest absolute Gasteiger partial charge is 0.128 e. The maximum atomic E-state index is 9.72. The Balaban J connectivity index is 2.05. The van der Waals surface area contributed by atoms with Crippen molar-refractivity contribution in [3.8, 4) is 11.5 Å². The molecule has 2 N–H and O–H groups in total. The van der Waals surface area contributed by atoms with Gasteiger partial charge in [-0.05, 0) is 24.3 Å². The standard InChI is InChI=1S/C14H14N2O2/c1-18-13-8-7-11(14(17)9-13)10-15-16-12-5-3-2-4-6-12/h2-10,16-17H,1H3. The molecule has 0 aliphatic carbocycles. The van der Waals surface area contributed by atoms with E-state index in [-0.39, 0.29) is 5.75 Å². The van der Waals surface area contributed by atoms with E-state index in [1.54, 1.807) is 31.5 Å². The monoisotopic (exact) mass is 242 g/mol. The van der Waals surface area contributed by atoms with E-state index in [0.29, 0.717) is 11.3 Å². The lowest BCUT2D eigenvalue weighted by atomic mass is 10.2. The van der Waals surface area contributed by atoms with Gasteiger partial charge in [-0.25, -0.2) is 0 Å². The number of rotatable bonds is 4. The summed E-state index contributed by atoms with van der Waals surface area (Å²) in [7, 11) is 1.56. The Kier molecular flexibility index (Phi) is 3.81. The normalized spacial score (nSPS) is 10.5. The molecule has 0 spiro atoms. The molecule has 0 amide bonds. The number of nitrogens with one attached hydrogen (secondary N) is 1. The minimum Gasteiger partial charge on any atom is -0.507 e. The van der Waals surface area contributed by atoms with Gasteiger partial charge in [0.05, 0.1) is 19.0 Å². The lowest BCUT2D eigenvalue weighted by molar-refractivity contribution is 0.407. The van der Waals surface area contributed by atoms with Crippen molar-refractivity contribution in [2.45, 2.75) is 0 Å². The van der Waals surface area contributed by atoms with Crippen molar-refractivity contribution < 1.29 is 9.84 Å². The van der Waals surface area contributed by atoms with Crippen molar-refractivity contribution in [1.29, 1.82) is 0 Å². The predicted octanol–water partition coefficient (Wildman–Crippen LogP) is 2.85. The summed E-state index contributed by atoms with van der Waals surface area (Å²) in [5.41, 5.74) is 4.39. The molecule has 0 aromatic heterocycles. The first-order chi connectivity index (χ1) is 8.79. The van der Waals surface area contributed by atoms with Crippen LogP contribution in [0.1, 0.15) is 5.56 Å². The summed E-state index contributed by atoms with van der Waals surface area (Å²) in [4.78, 5) is 0. The van der Waals surface area contributed by atoms with Gasteiger partial charge in [-0.15, -0.1) is 0 Å². The Labute approximate surface area is 106 Å². The predicted molar refractivity (Wildman–Crippen MR) is 72.3 cm³/mol. The second kappa shape index (κ2) is 5.72. The maximum absolute atomic E-state index is 9.72. The molecular weight excluding hydrogens is 228 g/mol. The molecule has 2 aromatic rings. The molecule has 0 radical (unpaired) electrons. The van der Waals surface area contributed by atoms with Crippen molar-refractivity contribution >= 4 is 11.9 Å². The van der Waals surface area contributed by atoms with E-state index in [1.807, 2.05) is 30.3 Å². The van der Waals surface area contributed by atoms with Crippen LogP contribution in [0, 0.1) is 0 Å². The van der Waals surface area contributed by atoms with Crippen molar-refractivity contribution in [2.75, 3.05) is 12.5 Å². The lowest BCUT2D eigenvalue weighted by Crippen LogP contribution is -1.91. The number of methoxy groups -OCH3 is 1. The van der Waals surface area contributed by atoms with Gasteiger partial charge in [0.1, 0.15) is 11.5 Å². The van der Waals surface area contributed by atoms with E-state index in [4.69, 9.17) is 4.74 Å². The number of aromatic hydroxyl groups is 1. The van der Waals surface area contributed by atoms with Crippen LogP contribution in [-0.4, -0.2) is 18.4 Å². The SMILES string of the molecule is COc1ccc(C=NNc2ccccc2)c(O)c1. The fraction of sp³-hybridized carbons (Fsp3) is 0.0714. The van der Waals surface area contributed by atoms with Gasteiger partial charge in [0, 0.05) is 11.6 Å². The van der Waals surface area contributed by atoms with E-state index >= 15 is 0 Å². The molecule has 0 saturated heterocycles. The molecule has 4 heteroatoms. The lowest BCUT2D eigenvalue weighted by Gasteiger charge is -2.03. The zero-order valence-corrected chi connectivity index (χ0v) is 10.00. The van der Waals surface area contributed by atoms with Crippen LogP contribution >= 0.6 is 0 Å². The zero-order valence-electron chi connectivity index (χ0n) is 10.00. The molecule has 0 bridgehead atoms. The molecule has 92 valence electrons. The summed E-state index contributed by atoms with van der Waals surface area (Å²) in [6, 6.07) is 14.6. The molecule has 2 aromatic carbocycles. The third-order valence-corrected chi connectivity index (χ3v) is 2.41. The Bertz CT molecular complexity index is 539. The third kappa shape index (κ3) is 3.01. The molecule has 0 atom stereocenters. The molecule has 2 rings (SSSR count). The number of hydrazone groups is 1. The minimum absolute atomic E-state index is 0.132. The van der Waals surface area contributed by atoms with Crippen LogP contribution in [0.5, 0.6) is 11.5 Å². The largest absolute Gasteiger partial charge is 0.507 e. The van der Waals surface area contributed by atoms with Crippen molar-refractivity contribution in [3.63, 3.8) is 0 Å². The molecule has 18 heavy (non-hydrogen) atoms. The summed E-state index contributed by atoms with van der Waals surface area (Å²) in [5.74, 6) is 0.744. The highest BCUT2D eigenvalue weighted by Gasteiger charge is 1.99. The average Bonchev–Trinajstić information content (AvgIpc) is 2.42. The number of para-hydroxylation sites is 1. The van der Waals surface area contributed by atoms with Gasteiger partial charge < -0.3 is 9.84 Å². The van der Waals surface area contributed by atoms with Crippen LogP contribution in [0.4, 0.5) is 5.69 Å². The summed E-state index contributed by atoms with van der Waals surface area (Å²) in [6.07, 6.45) is 1.56. The summed E-state index contributed by atoms with van der Waals surface area (Å²) in [5, 5.41) is 13.8. The van der Waals surface area contributed by atoms with Gasteiger partial charge in [0.15, 0.2) is 0 Å². The van der Waals surface area contributed by atoms with E-state index in [2.05, 4.69) is 10.5 Å². The van der Waals surface area contributed by atoms with Crippen LogP contribution in [0.2, 0.25) is 0 Å². The number of anilines is 1. The highest BCUT2D eigenvalue weighted by Crippen LogP contribution is 2.21. The Morgan fingerprint density at radius 2 is 1.94 bits per heavy atom. The van der Waals surface area contributed by atoms with Crippen LogP contribution in [0.15, 0.2) is 53.6 Å². The average molecular weight is 242 g/mol. The van der Waals surface area contributed by atoms with Gasteiger partial charge in [0.25, 0.3) is 0 Å². The van der Waals surface area contributed by atoms with Gasteiger partial charge in [0.2, 0.25) is 0 Å². The Hall–Kier alpha value is -2.49. The first kappa shape index (κ1) is 12.0. The van der Waals surface area contributed by atoms with Crippen molar-refractivity contribution in [1.82, 2.24) is 0 Å². The number of hydrogen-bond donors (Lipinski definition) is 2. The van der Waals surface area contributed by atoms with Gasteiger partial charge in [-0.2, -0.15) is 5.10 Å². The number of phenolic OH excluding ortho intramolecular Hbond substituents is 1. The van der Waals surface area contributed by atoms with Crippen LogP contribution in [-0.2, 0) is 0 Å². The highest BCUT2D eigenvalue weighted by atomic mass is 16.5. The first-order valence-electron chi connectivity index (χ1n) is 5.51. The molecule has 4 nitrogen and oxygen atoms in total. The molecular formula is C14H14N2O2. The third-order valence-electron chi connectivity index (χ3n) is 2.41.